The van der Waals surface area contributed by atoms with Gasteiger partial charge in [0.25, 0.3) is 10.0 Å². The molecule has 11 heteroatoms. The molecule has 28 heavy (non-hydrogen) atoms. The van der Waals surface area contributed by atoms with E-state index >= 15 is 0 Å². The van der Waals surface area contributed by atoms with Crippen LogP contribution >= 0.6 is 11.8 Å². The molecule has 1 aromatic heterocycles. The number of fused-ring (bicyclic) bond motifs is 1. The van der Waals surface area contributed by atoms with Gasteiger partial charge in [-0.1, -0.05) is 12.1 Å². The Bertz CT molecular complexity index is 1020. The van der Waals surface area contributed by atoms with Gasteiger partial charge >= 0.3 is 12.0 Å². The lowest BCUT2D eigenvalue weighted by Crippen LogP contribution is -2.35. The van der Waals surface area contributed by atoms with Crippen molar-refractivity contribution in [3.8, 4) is 6.01 Å². The molecule has 0 saturated heterocycles. The molecule has 1 aliphatic heterocycles. The van der Waals surface area contributed by atoms with E-state index in [2.05, 4.69) is 20.3 Å². The molecule has 0 bridgehead atoms. The molecule has 4 rings (SSSR count). The molecule has 2 aromatic rings. The summed E-state index contributed by atoms with van der Waals surface area (Å²) in [4.78, 5) is 25.4. The number of nitrogens with one attached hydrogen (secondary N) is 2. The first-order chi connectivity index (χ1) is 13.5. The first kappa shape index (κ1) is 18.9. The highest BCUT2D eigenvalue weighted by Gasteiger charge is 2.29. The fourth-order valence-corrected chi connectivity index (χ4v) is 5.52. The van der Waals surface area contributed by atoms with E-state index in [9.17, 15) is 13.2 Å². The number of aryl methyl sites for hydroxylation is 1. The summed E-state index contributed by atoms with van der Waals surface area (Å²) in [7, 11) is -2.62. The summed E-state index contributed by atoms with van der Waals surface area (Å²) in [5.74, 6) is 1.54. The van der Waals surface area contributed by atoms with Gasteiger partial charge in [0.1, 0.15) is 10.7 Å². The van der Waals surface area contributed by atoms with Gasteiger partial charge in [0.15, 0.2) is 0 Å². The van der Waals surface area contributed by atoms with E-state index in [1.54, 1.807) is 6.07 Å². The summed E-state index contributed by atoms with van der Waals surface area (Å²) < 4.78 is 32.6. The Morgan fingerprint density at radius 2 is 2.07 bits per heavy atom. The van der Waals surface area contributed by atoms with Crippen LogP contribution in [0.4, 0.5) is 10.7 Å². The highest BCUT2D eigenvalue weighted by molar-refractivity contribution is 8.00. The molecule has 2 amide bonds. The lowest BCUT2D eigenvalue weighted by atomic mass is 10.1. The minimum Gasteiger partial charge on any atom is -0.467 e. The molecular weight excluding hydrogens is 402 g/mol. The lowest BCUT2D eigenvalue weighted by molar-refractivity contribution is 0.256. The standard InChI is InChI=1S/C17H19N5O4S2/c1-26-17-19-14(11-7-8-11)18-15(21-17)20-16(23)22-28(24,25)12-6-2-4-10-5-3-9-27-13(10)12/h2,4,6,11H,3,5,7-9H2,1H3,(H2,18,19,20,21,22,23). The molecule has 9 nitrogen and oxygen atoms in total. The van der Waals surface area contributed by atoms with Gasteiger partial charge in [0, 0.05) is 10.8 Å². The lowest BCUT2D eigenvalue weighted by Gasteiger charge is -2.18. The molecule has 2 N–H and O–H groups in total. The molecule has 2 aliphatic rings. The predicted molar refractivity (Wildman–Crippen MR) is 103 cm³/mol. The van der Waals surface area contributed by atoms with Gasteiger partial charge in [-0.05, 0) is 43.1 Å². The Kier molecular flexibility index (Phi) is 5.11. The Hall–Kier alpha value is -2.40. The van der Waals surface area contributed by atoms with Crippen molar-refractivity contribution in [2.24, 2.45) is 0 Å². The number of urea groups is 1. The van der Waals surface area contributed by atoms with Crippen LogP contribution in [0.5, 0.6) is 6.01 Å². The van der Waals surface area contributed by atoms with Crippen molar-refractivity contribution in [1.82, 2.24) is 19.7 Å². The smallest absolute Gasteiger partial charge is 0.335 e. The molecule has 1 aromatic carbocycles. The monoisotopic (exact) mass is 421 g/mol. The number of nitrogens with zero attached hydrogens (tertiary/aromatic N) is 3. The van der Waals surface area contributed by atoms with Crippen LogP contribution in [0.1, 0.15) is 36.6 Å². The minimum absolute atomic E-state index is 0.0501. The number of benzene rings is 1. The van der Waals surface area contributed by atoms with Gasteiger partial charge in [0.2, 0.25) is 5.95 Å². The number of carbonyl (C=O) groups is 1. The summed E-state index contributed by atoms with van der Waals surface area (Å²) in [6.45, 7) is 0. The summed E-state index contributed by atoms with van der Waals surface area (Å²) >= 11 is 1.49. The summed E-state index contributed by atoms with van der Waals surface area (Å²) in [6, 6.07) is 4.24. The van der Waals surface area contributed by atoms with Gasteiger partial charge in [0.05, 0.1) is 7.11 Å². The van der Waals surface area contributed by atoms with Crippen LogP contribution in [0.2, 0.25) is 0 Å². The highest BCUT2D eigenvalue weighted by Crippen LogP contribution is 2.38. The number of thioether (sulfide) groups is 1. The Morgan fingerprint density at radius 1 is 1.25 bits per heavy atom. The number of anilines is 1. The number of aromatic nitrogens is 3. The van der Waals surface area contributed by atoms with Crippen LogP contribution in [0.15, 0.2) is 28.0 Å². The number of hydrogen-bond acceptors (Lipinski definition) is 8. The molecule has 0 spiro atoms. The number of hydrogen-bond donors (Lipinski definition) is 2. The van der Waals surface area contributed by atoms with Crippen LogP contribution in [0.25, 0.3) is 0 Å². The second kappa shape index (κ2) is 7.55. The van der Waals surface area contributed by atoms with E-state index in [0.29, 0.717) is 10.7 Å². The van der Waals surface area contributed by atoms with Crippen molar-refractivity contribution in [1.29, 1.82) is 0 Å². The summed E-state index contributed by atoms with van der Waals surface area (Å²) in [5.41, 5.74) is 0.982. The molecule has 0 unspecified atom stereocenters. The zero-order valence-corrected chi connectivity index (χ0v) is 16.8. The highest BCUT2D eigenvalue weighted by atomic mass is 32.2. The average molecular weight is 422 g/mol. The van der Waals surface area contributed by atoms with Crippen molar-refractivity contribution in [2.75, 3.05) is 18.2 Å². The molecule has 1 fully saturated rings. The fraction of sp³-hybridized carbons (Fsp3) is 0.412. The third kappa shape index (κ3) is 4.04. The van der Waals surface area contributed by atoms with Crippen molar-refractivity contribution in [2.45, 2.75) is 41.4 Å². The number of methoxy groups -OCH3 is 1. The Labute approximate surface area is 166 Å². The van der Waals surface area contributed by atoms with Crippen molar-refractivity contribution in [3.05, 3.63) is 29.6 Å². The Balaban J connectivity index is 1.53. The third-order valence-electron chi connectivity index (χ3n) is 4.40. The SMILES string of the molecule is COc1nc(NC(=O)NS(=O)(=O)c2cccc3c2SCCC3)nc(C2CC2)n1. The Morgan fingerprint density at radius 3 is 2.82 bits per heavy atom. The zero-order valence-electron chi connectivity index (χ0n) is 15.1. The first-order valence-electron chi connectivity index (χ1n) is 8.85. The maximum absolute atomic E-state index is 12.7. The number of ether oxygens (including phenoxy) is 1. The van der Waals surface area contributed by atoms with Crippen molar-refractivity contribution < 1.29 is 17.9 Å². The zero-order chi connectivity index (χ0) is 19.7. The molecule has 2 heterocycles. The van der Waals surface area contributed by atoms with Gasteiger partial charge in [-0.2, -0.15) is 15.0 Å². The number of rotatable bonds is 5. The number of amides is 2. The maximum atomic E-state index is 12.7. The van der Waals surface area contributed by atoms with Crippen LogP contribution in [0, 0.1) is 0 Å². The number of carbonyl (C=O) groups excluding carboxylic acids is 1. The van der Waals surface area contributed by atoms with E-state index < -0.39 is 16.1 Å². The summed E-state index contributed by atoms with van der Waals surface area (Å²) in [5, 5.41) is 2.37. The van der Waals surface area contributed by atoms with E-state index in [1.165, 1.54) is 24.9 Å². The number of sulfonamides is 1. The van der Waals surface area contributed by atoms with E-state index in [0.717, 1.165) is 37.0 Å². The van der Waals surface area contributed by atoms with Crippen molar-refractivity contribution in [3.63, 3.8) is 0 Å². The molecule has 148 valence electrons. The largest absolute Gasteiger partial charge is 0.467 e. The van der Waals surface area contributed by atoms with Crippen LogP contribution in [0.3, 0.4) is 0 Å². The van der Waals surface area contributed by atoms with Gasteiger partial charge in [-0.15, -0.1) is 11.8 Å². The van der Waals surface area contributed by atoms with Crippen LogP contribution < -0.4 is 14.8 Å². The first-order valence-corrected chi connectivity index (χ1v) is 11.3. The van der Waals surface area contributed by atoms with E-state index in [4.69, 9.17) is 4.74 Å². The predicted octanol–water partition coefficient (Wildman–Crippen LogP) is 2.31. The quantitative estimate of drug-likeness (QED) is 0.754. The fourth-order valence-electron chi connectivity index (χ4n) is 2.92. The molecule has 1 aliphatic carbocycles. The molecular formula is C17H19N5O4S2. The van der Waals surface area contributed by atoms with E-state index in [-0.39, 0.29) is 22.8 Å². The van der Waals surface area contributed by atoms with Crippen LogP contribution in [-0.2, 0) is 16.4 Å². The molecule has 0 atom stereocenters. The van der Waals surface area contributed by atoms with Crippen molar-refractivity contribution >= 4 is 33.8 Å². The normalized spacial score (nSPS) is 16.2. The van der Waals surface area contributed by atoms with Gasteiger partial charge in [-0.3, -0.25) is 5.32 Å². The van der Waals surface area contributed by atoms with Gasteiger partial charge < -0.3 is 4.74 Å². The minimum atomic E-state index is -4.04. The molecule has 1 saturated carbocycles. The second-order valence-corrected chi connectivity index (χ2v) is 9.29. The summed E-state index contributed by atoms with van der Waals surface area (Å²) in [6.07, 6.45) is 3.75. The van der Waals surface area contributed by atoms with E-state index in [1.807, 2.05) is 10.8 Å². The topological polar surface area (TPSA) is 123 Å². The van der Waals surface area contributed by atoms with Crippen LogP contribution in [-0.4, -0.2) is 42.3 Å². The maximum Gasteiger partial charge on any atom is 0.335 e. The second-order valence-electron chi connectivity index (χ2n) is 6.53. The van der Waals surface area contributed by atoms with Gasteiger partial charge in [-0.25, -0.2) is 17.9 Å². The third-order valence-corrected chi connectivity index (χ3v) is 7.16. The average Bonchev–Trinajstić information content (AvgIpc) is 3.52. The molecule has 0 radical (unpaired) electrons.